The van der Waals surface area contributed by atoms with Crippen LogP contribution in [0.5, 0.6) is 0 Å². The van der Waals surface area contributed by atoms with Crippen LogP contribution in [0.2, 0.25) is 0 Å². The predicted molar refractivity (Wildman–Crippen MR) is 90.1 cm³/mol. The topological polar surface area (TPSA) is 37.8 Å². The number of halogens is 1. The van der Waals surface area contributed by atoms with E-state index in [9.17, 15) is 0 Å². The van der Waals surface area contributed by atoms with Crippen LogP contribution in [0, 0.1) is 3.57 Å². The first kappa shape index (κ1) is 13.8. The van der Waals surface area contributed by atoms with E-state index >= 15 is 0 Å². The van der Waals surface area contributed by atoms with E-state index in [-0.39, 0.29) is 5.41 Å². The number of nitrogens with one attached hydrogen (secondary N) is 1. The second-order valence-corrected chi connectivity index (χ2v) is 6.29. The van der Waals surface area contributed by atoms with Gasteiger partial charge in [0.2, 0.25) is 0 Å². The molecule has 104 valence electrons. The highest BCUT2D eigenvalue weighted by atomic mass is 127. The molecule has 4 heteroatoms. The molecule has 1 aliphatic carbocycles. The van der Waals surface area contributed by atoms with Gasteiger partial charge in [0.1, 0.15) is 11.6 Å². The summed E-state index contributed by atoms with van der Waals surface area (Å²) in [5.41, 5.74) is 2.52. The van der Waals surface area contributed by atoms with Gasteiger partial charge >= 0.3 is 0 Å². The van der Waals surface area contributed by atoms with E-state index in [2.05, 4.69) is 65.2 Å². The summed E-state index contributed by atoms with van der Waals surface area (Å²) in [6.07, 6.45) is 3.22. The summed E-state index contributed by atoms with van der Waals surface area (Å²) in [4.78, 5) is 9.63. The molecule has 1 saturated carbocycles. The number of aromatic nitrogens is 2. The van der Waals surface area contributed by atoms with Crippen molar-refractivity contribution in [2.75, 3.05) is 12.4 Å². The van der Waals surface area contributed by atoms with Crippen molar-refractivity contribution < 1.29 is 0 Å². The zero-order chi connectivity index (χ0) is 14.2. The lowest BCUT2D eigenvalue weighted by Gasteiger charge is -2.17. The molecule has 0 saturated heterocycles. The van der Waals surface area contributed by atoms with Crippen LogP contribution in [-0.2, 0) is 11.8 Å². The van der Waals surface area contributed by atoms with E-state index < -0.39 is 0 Å². The molecule has 0 aliphatic heterocycles. The first-order chi connectivity index (χ1) is 9.71. The van der Waals surface area contributed by atoms with E-state index in [1.165, 1.54) is 5.56 Å². The summed E-state index contributed by atoms with van der Waals surface area (Å²) in [6.45, 7) is 2.15. The monoisotopic (exact) mass is 379 g/mol. The van der Waals surface area contributed by atoms with E-state index in [1.54, 1.807) is 0 Å². The molecule has 1 N–H and O–H groups in total. The lowest BCUT2D eigenvalue weighted by Crippen LogP contribution is -2.17. The summed E-state index contributed by atoms with van der Waals surface area (Å²) in [7, 11) is 1.93. The van der Waals surface area contributed by atoms with Crippen molar-refractivity contribution in [3.8, 4) is 0 Å². The predicted octanol–water partition coefficient (Wildman–Crippen LogP) is 3.77. The molecule has 3 nitrogen and oxygen atoms in total. The Hall–Kier alpha value is -1.17. The van der Waals surface area contributed by atoms with Gasteiger partial charge in [-0.05, 0) is 47.4 Å². The molecular weight excluding hydrogens is 361 g/mol. The van der Waals surface area contributed by atoms with E-state index in [1.807, 2.05) is 7.05 Å². The van der Waals surface area contributed by atoms with Gasteiger partial charge in [-0.2, -0.15) is 0 Å². The highest BCUT2D eigenvalue weighted by Crippen LogP contribution is 2.52. The van der Waals surface area contributed by atoms with Crippen LogP contribution < -0.4 is 5.32 Å². The molecule has 1 aromatic carbocycles. The lowest BCUT2D eigenvalue weighted by molar-refractivity contribution is 0.739. The van der Waals surface area contributed by atoms with E-state index in [4.69, 9.17) is 9.97 Å². The van der Waals surface area contributed by atoms with Crippen molar-refractivity contribution in [2.24, 2.45) is 0 Å². The smallest absolute Gasteiger partial charge is 0.143 e. The molecule has 20 heavy (non-hydrogen) atoms. The zero-order valence-electron chi connectivity index (χ0n) is 11.8. The van der Waals surface area contributed by atoms with Crippen molar-refractivity contribution in [3.63, 3.8) is 0 Å². The molecule has 0 atom stereocenters. The van der Waals surface area contributed by atoms with Crippen molar-refractivity contribution in [1.29, 1.82) is 0 Å². The fraction of sp³-hybridized carbons (Fsp3) is 0.375. The molecular formula is C16H18IN3. The Kier molecular flexibility index (Phi) is 3.67. The largest absolute Gasteiger partial charge is 0.372 e. The summed E-state index contributed by atoms with van der Waals surface area (Å²) >= 11 is 2.33. The maximum absolute atomic E-state index is 4.85. The normalized spacial score (nSPS) is 15.9. The average molecular weight is 379 g/mol. The van der Waals surface area contributed by atoms with Gasteiger partial charge in [-0.25, -0.2) is 9.97 Å². The highest BCUT2D eigenvalue weighted by molar-refractivity contribution is 14.1. The number of aryl methyl sites for hydroxylation is 1. The van der Waals surface area contributed by atoms with E-state index in [0.29, 0.717) is 0 Å². The minimum absolute atomic E-state index is 0.0428. The number of rotatable bonds is 4. The summed E-state index contributed by atoms with van der Waals surface area (Å²) in [6, 6.07) is 10.6. The molecule has 0 unspecified atom stereocenters. The lowest BCUT2D eigenvalue weighted by atomic mass is 9.95. The van der Waals surface area contributed by atoms with E-state index in [0.717, 1.165) is 40.2 Å². The molecule has 1 fully saturated rings. The van der Waals surface area contributed by atoms with Gasteiger partial charge in [0.05, 0.1) is 14.7 Å². The molecule has 1 heterocycles. The fourth-order valence-electron chi connectivity index (χ4n) is 2.63. The SMILES string of the molecule is CCc1nc(C2(c3ccccc3)CC2)nc(NC)c1I. The fourth-order valence-corrected chi connectivity index (χ4v) is 3.52. The third-order valence-electron chi connectivity index (χ3n) is 4.00. The third-order valence-corrected chi connectivity index (χ3v) is 5.13. The molecule has 1 aliphatic rings. The quantitative estimate of drug-likeness (QED) is 0.822. The highest BCUT2D eigenvalue weighted by Gasteiger charge is 2.49. The number of benzene rings is 1. The Morgan fingerprint density at radius 3 is 2.45 bits per heavy atom. The molecule has 0 bridgehead atoms. The van der Waals surface area contributed by atoms with Crippen LogP contribution in [0.4, 0.5) is 5.82 Å². The van der Waals surface area contributed by atoms with Gasteiger partial charge in [0, 0.05) is 7.05 Å². The summed E-state index contributed by atoms with van der Waals surface area (Å²) < 4.78 is 1.14. The Bertz CT molecular complexity index is 596. The number of hydrogen-bond donors (Lipinski definition) is 1. The van der Waals surface area contributed by atoms with Crippen molar-refractivity contribution >= 4 is 28.4 Å². The number of hydrogen-bond acceptors (Lipinski definition) is 3. The van der Waals surface area contributed by atoms with Crippen LogP contribution >= 0.6 is 22.6 Å². The van der Waals surface area contributed by atoms with Gasteiger partial charge in [-0.3, -0.25) is 0 Å². The Labute approximate surface area is 133 Å². The minimum Gasteiger partial charge on any atom is -0.372 e. The van der Waals surface area contributed by atoms with Gasteiger partial charge < -0.3 is 5.32 Å². The van der Waals surface area contributed by atoms with Gasteiger partial charge in [-0.1, -0.05) is 37.3 Å². The Morgan fingerprint density at radius 1 is 1.20 bits per heavy atom. The van der Waals surface area contributed by atoms with Crippen molar-refractivity contribution in [3.05, 3.63) is 51.0 Å². The first-order valence-corrected chi connectivity index (χ1v) is 8.09. The van der Waals surface area contributed by atoms with Crippen LogP contribution in [-0.4, -0.2) is 17.0 Å². The second kappa shape index (κ2) is 5.31. The first-order valence-electron chi connectivity index (χ1n) is 7.01. The molecule has 0 spiro atoms. The van der Waals surface area contributed by atoms with Crippen LogP contribution in [0.1, 0.15) is 36.8 Å². The Morgan fingerprint density at radius 2 is 1.90 bits per heavy atom. The Balaban J connectivity index is 2.11. The molecule has 0 radical (unpaired) electrons. The molecule has 2 aromatic rings. The van der Waals surface area contributed by atoms with Crippen LogP contribution in [0.15, 0.2) is 30.3 Å². The average Bonchev–Trinajstić information content (AvgIpc) is 3.30. The maximum atomic E-state index is 4.85. The molecule has 1 aromatic heterocycles. The van der Waals surface area contributed by atoms with Crippen LogP contribution in [0.3, 0.4) is 0 Å². The summed E-state index contributed by atoms with van der Waals surface area (Å²) in [5, 5.41) is 3.20. The number of anilines is 1. The standard InChI is InChI=1S/C16H18IN3/c1-3-12-13(17)14(18-2)20-15(19-12)16(9-10-16)11-7-5-4-6-8-11/h4-8H,3,9-10H2,1-2H3,(H,18,19,20). The molecule has 3 rings (SSSR count). The number of nitrogens with zero attached hydrogens (tertiary/aromatic N) is 2. The van der Waals surface area contributed by atoms with Gasteiger partial charge in [0.25, 0.3) is 0 Å². The van der Waals surface area contributed by atoms with Crippen molar-refractivity contribution in [1.82, 2.24) is 9.97 Å². The zero-order valence-corrected chi connectivity index (χ0v) is 13.9. The van der Waals surface area contributed by atoms with Crippen molar-refractivity contribution in [2.45, 2.75) is 31.6 Å². The summed E-state index contributed by atoms with van der Waals surface area (Å²) in [5.74, 6) is 1.93. The molecule has 0 amide bonds. The van der Waals surface area contributed by atoms with Gasteiger partial charge in [0.15, 0.2) is 0 Å². The maximum Gasteiger partial charge on any atom is 0.143 e. The minimum atomic E-state index is 0.0428. The second-order valence-electron chi connectivity index (χ2n) is 5.21. The van der Waals surface area contributed by atoms with Crippen LogP contribution in [0.25, 0.3) is 0 Å². The van der Waals surface area contributed by atoms with Gasteiger partial charge in [-0.15, -0.1) is 0 Å². The third kappa shape index (κ3) is 2.20.